The van der Waals surface area contributed by atoms with Crippen LogP contribution in [-0.4, -0.2) is 38.5 Å². The van der Waals surface area contributed by atoms with Crippen molar-refractivity contribution < 1.29 is 9.53 Å². The summed E-state index contributed by atoms with van der Waals surface area (Å²) in [6.45, 7) is 1.52. The van der Waals surface area contributed by atoms with Crippen molar-refractivity contribution in [2.45, 2.75) is 16.6 Å². The Bertz CT molecular complexity index is 224. The molecule has 3 nitrogen and oxygen atoms in total. The molecule has 0 aromatic rings. The molecule has 13 heavy (non-hydrogen) atoms. The molecule has 0 radical (unpaired) electrons. The average molecular weight is 407 g/mol. The fourth-order valence-corrected chi connectivity index (χ4v) is 3.71. The monoisotopic (exact) mass is 407 g/mol. The lowest BCUT2D eigenvalue weighted by molar-refractivity contribution is -0.145. The van der Waals surface area contributed by atoms with Crippen LogP contribution in [0.15, 0.2) is 0 Å². The zero-order chi connectivity index (χ0) is 9.42. The van der Waals surface area contributed by atoms with Crippen LogP contribution >= 0.6 is 45.2 Å². The Hall–Kier alpha value is 0.890. The zero-order valence-corrected chi connectivity index (χ0v) is 11.4. The summed E-state index contributed by atoms with van der Waals surface area (Å²) in [5, 5.41) is 0. The highest BCUT2D eigenvalue weighted by atomic mass is 127. The number of hydrogen-bond acceptors (Lipinski definition) is 3. The first kappa shape index (κ1) is 10.4. The number of alkyl halides is 2. The first-order chi connectivity index (χ1) is 6.20. The molecule has 74 valence electrons. The maximum Gasteiger partial charge on any atom is 0.321 e. The lowest BCUT2D eigenvalue weighted by atomic mass is 10.1. The SMILES string of the molecule is O=C1CN2CC(CC2CI)C(I)O1. The Labute approximate surface area is 105 Å². The molecular weight excluding hydrogens is 396 g/mol. The fourth-order valence-electron chi connectivity index (χ4n) is 1.99. The zero-order valence-electron chi connectivity index (χ0n) is 7.08. The van der Waals surface area contributed by atoms with Crippen LogP contribution in [-0.2, 0) is 9.53 Å². The third kappa shape index (κ3) is 2.11. The number of carbonyl (C=O) groups excluding carboxylic acids is 1. The second-order valence-corrected chi connectivity index (χ2v) is 5.68. The van der Waals surface area contributed by atoms with E-state index in [1.807, 2.05) is 0 Å². The van der Waals surface area contributed by atoms with Gasteiger partial charge in [-0.3, -0.25) is 9.69 Å². The van der Waals surface area contributed by atoms with E-state index in [-0.39, 0.29) is 10.1 Å². The van der Waals surface area contributed by atoms with Gasteiger partial charge >= 0.3 is 5.97 Å². The summed E-state index contributed by atoms with van der Waals surface area (Å²) in [6, 6.07) is 0.593. The highest BCUT2D eigenvalue weighted by Gasteiger charge is 2.40. The minimum absolute atomic E-state index is 0.0588. The van der Waals surface area contributed by atoms with Gasteiger partial charge in [-0.25, -0.2) is 0 Å². The molecule has 2 heterocycles. The van der Waals surface area contributed by atoms with E-state index in [1.54, 1.807) is 0 Å². The summed E-state index contributed by atoms with van der Waals surface area (Å²) in [4.78, 5) is 13.5. The van der Waals surface area contributed by atoms with Crippen molar-refractivity contribution in [3.8, 4) is 0 Å². The molecule has 4 unspecified atom stereocenters. The van der Waals surface area contributed by atoms with Gasteiger partial charge in [0.25, 0.3) is 0 Å². The van der Waals surface area contributed by atoms with Gasteiger partial charge in [0, 0.05) is 22.9 Å². The minimum atomic E-state index is -0.0588. The first-order valence-electron chi connectivity index (χ1n) is 4.34. The molecule has 2 bridgehead atoms. The van der Waals surface area contributed by atoms with Gasteiger partial charge in [-0.1, -0.05) is 22.6 Å². The molecule has 0 spiro atoms. The smallest absolute Gasteiger partial charge is 0.321 e. The molecule has 2 saturated heterocycles. The van der Waals surface area contributed by atoms with Crippen molar-refractivity contribution in [1.82, 2.24) is 4.90 Å². The average Bonchev–Trinajstić information content (AvgIpc) is 2.40. The maximum atomic E-state index is 11.3. The third-order valence-corrected chi connectivity index (χ3v) is 4.97. The van der Waals surface area contributed by atoms with Crippen LogP contribution in [0, 0.1) is 5.92 Å². The number of cyclic esters (lactones) is 1. The maximum absolute atomic E-state index is 11.3. The van der Waals surface area contributed by atoms with Crippen molar-refractivity contribution in [3.63, 3.8) is 0 Å². The van der Waals surface area contributed by atoms with Crippen LogP contribution in [0.4, 0.5) is 0 Å². The third-order valence-electron chi connectivity index (χ3n) is 2.69. The van der Waals surface area contributed by atoms with Crippen LogP contribution in [0.5, 0.6) is 0 Å². The molecule has 0 aromatic carbocycles. The van der Waals surface area contributed by atoms with Crippen LogP contribution in [0.1, 0.15) is 6.42 Å². The van der Waals surface area contributed by atoms with Gasteiger partial charge in [0.1, 0.15) is 0 Å². The van der Waals surface area contributed by atoms with Crippen LogP contribution in [0.25, 0.3) is 0 Å². The predicted octanol–water partition coefficient (Wildman–Crippen LogP) is 1.43. The van der Waals surface area contributed by atoms with Gasteiger partial charge in [-0.2, -0.15) is 0 Å². The quantitative estimate of drug-likeness (QED) is 0.375. The minimum Gasteiger partial charge on any atom is -0.450 e. The van der Waals surface area contributed by atoms with Crippen LogP contribution in [0.2, 0.25) is 0 Å². The molecular formula is C8H11I2NO2. The molecule has 0 saturated carbocycles. The van der Waals surface area contributed by atoms with E-state index >= 15 is 0 Å². The summed E-state index contributed by atoms with van der Waals surface area (Å²) in [7, 11) is 0. The summed E-state index contributed by atoms with van der Waals surface area (Å²) < 4.78 is 6.44. The number of halogens is 2. The summed E-state index contributed by atoms with van der Waals surface area (Å²) >= 11 is 4.64. The Morgan fingerprint density at radius 2 is 2.38 bits per heavy atom. The summed E-state index contributed by atoms with van der Waals surface area (Å²) in [5.41, 5.74) is 0. The molecule has 0 aromatic heterocycles. The number of nitrogens with zero attached hydrogens (tertiary/aromatic N) is 1. The lowest BCUT2D eigenvalue weighted by Crippen LogP contribution is -2.35. The number of fused-ring (bicyclic) bond motifs is 2. The molecule has 2 aliphatic rings. The van der Waals surface area contributed by atoms with Gasteiger partial charge in [0.15, 0.2) is 4.11 Å². The Balaban J connectivity index is 2.12. The standard InChI is InChI=1S/C8H11I2NO2/c9-2-6-1-5-3-11(6)4-7(12)13-8(5)10/h5-6,8H,1-4H2. The second-order valence-electron chi connectivity index (χ2n) is 3.57. The Morgan fingerprint density at radius 1 is 1.62 bits per heavy atom. The summed E-state index contributed by atoms with van der Waals surface area (Å²) in [5.74, 6) is 0.489. The highest BCUT2D eigenvalue weighted by molar-refractivity contribution is 14.1. The van der Waals surface area contributed by atoms with Crippen molar-refractivity contribution in [3.05, 3.63) is 0 Å². The molecule has 5 heteroatoms. The van der Waals surface area contributed by atoms with E-state index in [2.05, 4.69) is 50.1 Å². The molecule has 4 atom stereocenters. The van der Waals surface area contributed by atoms with Crippen molar-refractivity contribution in [1.29, 1.82) is 0 Å². The molecule has 0 N–H and O–H groups in total. The summed E-state index contributed by atoms with van der Waals surface area (Å²) in [6.07, 6.45) is 1.18. The van der Waals surface area contributed by atoms with Gasteiger partial charge in [-0.05, 0) is 29.0 Å². The molecule has 2 fully saturated rings. The van der Waals surface area contributed by atoms with Crippen molar-refractivity contribution in [2.75, 3.05) is 17.5 Å². The topological polar surface area (TPSA) is 29.5 Å². The van der Waals surface area contributed by atoms with E-state index in [0.29, 0.717) is 18.5 Å². The molecule has 0 aliphatic carbocycles. The van der Waals surface area contributed by atoms with Crippen LogP contribution < -0.4 is 0 Å². The number of rotatable bonds is 1. The van der Waals surface area contributed by atoms with E-state index in [1.165, 1.54) is 6.42 Å². The number of hydrogen-bond donors (Lipinski definition) is 0. The van der Waals surface area contributed by atoms with E-state index < -0.39 is 0 Å². The van der Waals surface area contributed by atoms with E-state index in [9.17, 15) is 4.79 Å². The largest absolute Gasteiger partial charge is 0.450 e. The Kier molecular flexibility index (Phi) is 3.34. The van der Waals surface area contributed by atoms with Gasteiger partial charge in [-0.15, -0.1) is 0 Å². The molecule has 0 amide bonds. The second kappa shape index (κ2) is 4.18. The number of ether oxygens (including phenoxy) is 1. The normalized spacial score (nSPS) is 44.3. The molecule has 2 aliphatic heterocycles. The number of esters is 1. The Morgan fingerprint density at radius 3 is 3.08 bits per heavy atom. The predicted molar refractivity (Wildman–Crippen MR) is 66.3 cm³/mol. The van der Waals surface area contributed by atoms with Crippen LogP contribution in [0.3, 0.4) is 0 Å². The van der Waals surface area contributed by atoms with Crippen molar-refractivity contribution >= 4 is 51.2 Å². The van der Waals surface area contributed by atoms with E-state index in [4.69, 9.17) is 4.74 Å². The van der Waals surface area contributed by atoms with Gasteiger partial charge < -0.3 is 4.74 Å². The fraction of sp³-hybridized carbons (Fsp3) is 0.875. The molecule has 2 rings (SSSR count). The van der Waals surface area contributed by atoms with Crippen molar-refractivity contribution in [2.24, 2.45) is 5.92 Å². The number of carbonyl (C=O) groups is 1. The first-order valence-corrected chi connectivity index (χ1v) is 7.11. The van der Waals surface area contributed by atoms with Gasteiger partial charge in [0.05, 0.1) is 6.54 Å². The highest BCUT2D eigenvalue weighted by Crippen LogP contribution is 2.33. The van der Waals surface area contributed by atoms with Gasteiger partial charge in [0.2, 0.25) is 0 Å². The van der Waals surface area contributed by atoms with E-state index in [0.717, 1.165) is 11.0 Å². The lowest BCUT2D eigenvalue weighted by Gasteiger charge is -2.22.